The normalized spacial score (nSPS) is 32.1. The maximum atomic E-state index is 13.2. The lowest BCUT2D eigenvalue weighted by atomic mass is 9.86. The van der Waals surface area contributed by atoms with Crippen molar-refractivity contribution in [2.24, 2.45) is 0 Å². The minimum atomic E-state index is -2.70. The molecule has 0 amide bonds. The molecule has 1 saturated heterocycles. The number of aromatic amines is 1. The van der Waals surface area contributed by atoms with Crippen molar-refractivity contribution in [3.63, 3.8) is 0 Å². The fourth-order valence-electron chi connectivity index (χ4n) is 5.74. The van der Waals surface area contributed by atoms with Crippen molar-refractivity contribution >= 4 is 38.4 Å². The second-order valence-corrected chi connectivity index (χ2v) is 10.0. The Hall–Kier alpha value is -3.09. The number of carbonyl (C=O) groups excluding carboxylic acids is 1. The number of H-pyrrole nitrogens is 1. The van der Waals surface area contributed by atoms with Gasteiger partial charge in [-0.3, -0.25) is 0 Å². The minimum absolute atomic E-state index is 0.0270. The number of ether oxygens (including phenoxy) is 2. The van der Waals surface area contributed by atoms with Gasteiger partial charge in [-0.05, 0) is 52.6 Å². The Kier molecular flexibility index (Phi) is 5.55. The fourth-order valence-corrected chi connectivity index (χ4v) is 5.74. The van der Waals surface area contributed by atoms with Crippen molar-refractivity contribution in [1.82, 2.24) is 4.98 Å². The van der Waals surface area contributed by atoms with Gasteiger partial charge in [0.05, 0.1) is 29.3 Å². The summed E-state index contributed by atoms with van der Waals surface area (Å²) in [5, 5.41) is 67.1. The molecule has 0 unspecified atom stereocenters. The predicted octanol–water partition coefficient (Wildman–Crippen LogP) is 0.957. The number of aliphatic hydroxyl groups is 6. The number of hydrogen-bond acceptors (Lipinski definition) is 9. The molecule has 10 nitrogen and oxygen atoms in total. The Bertz CT molecular complexity index is 1530. The molecule has 0 spiro atoms. The topological polar surface area (TPSA) is 173 Å². The highest BCUT2D eigenvalue weighted by Gasteiger charge is 2.67. The number of esters is 1. The van der Waals surface area contributed by atoms with Crippen LogP contribution >= 0.6 is 0 Å². The number of carbonyl (C=O) groups is 1. The van der Waals surface area contributed by atoms with Gasteiger partial charge in [0.2, 0.25) is 5.79 Å². The second-order valence-electron chi connectivity index (χ2n) is 10.0. The zero-order valence-corrected chi connectivity index (χ0v) is 19.7. The van der Waals surface area contributed by atoms with Gasteiger partial charge in [0.15, 0.2) is 11.9 Å². The van der Waals surface area contributed by atoms with Crippen LogP contribution in [-0.2, 0) is 16.1 Å². The van der Waals surface area contributed by atoms with E-state index in [0.29, 0.717) is 10.9 Å². The monoisotopic (exact) mass is 509 g/mol. The average Bonchev–Trinajstić information content (AvgIpc) is 3.51. The van der Waals surface area contributed by atoms with E-state index in [4.69, 9.17) is 9.47 Å². The van der Waals surface area contributed by atoms with Gasteiger partial charge in [0.1, 0.15) is 17.8 Å². The third-order valence-corrected chi connectivity index (χ3v) is 7.74. The number of rotatable bonds is 4. The van der Waals surface area contributed by atoms with E-state index in [1.165, 1.54) is 0 Å². The lowest BCUT2D eigenvalue weighted by Gasteiger charge is -2.39. The van der Waals surface area contributed by atoms with E-state index >= 15 is 0 Å². The number of aromatic nitrogens is 1. The first-order valence-electron chi connectivity index (χ1n) is 12.1. The summed E-state index contributed by atoms with van der Waals surface area (Å²) in [6, 6.07) is 15.4. The molecular formula is C27H27NO9. The van der Waals surface area contributed by atoms with E-state index in [1.807, 2.05) is 42.5 Å². The van der Waals surface area contributed by atoms with Gasteiger partial charge in [-0.25, -0.2) is 4.79 Å². The zero-order chi connectivity index (χ0) is 26.1. The van der Waals surface area contributed by atoms with E-state index < -0.39 is 48.4 Å². The summed E-state index contributed by atoms with van der Waals surface area (Å²) in [6.07, 6.45) is -6.98. The summed E-state index contributed by atoms with van der Waals surface area (Å²) in [6.45, 7) is -0.482. The molecule has 1 saturated carbocycles. The molecule has 4 aromatic rings. The van der Waals surface area contributed by atoms with Crippen molar-refractivity contribution in [2.75, 3.05) is 0 Å². The fraction of sp³-hybridized carbons (Fsp3) is 0.370. The number of fused-ring (bicyclic) bond motifs is 4. The maximum Gasteiger partial charge on any atom is 0.343 e. The van der Waals surface area contributed by atoms with E-state index in [0.717, 1.165) is 21.5 Å². The van der Waals surface area contributed by atoms with Gasteiger partial charge in [0.25, 0.3) is 0 Å². The SMILES string of the molecule is O=C(Oc1c(CO)[nH]c2ccc3cc4ccccc4cc3c12)[C@@H]1O[C@@](O)([C@]2(O)CC[C@@H](O)C2)[C@H](O)[C@H]1O. The molecule has 1 aliphatic heterocycles. The van der Waals surface area contributed by atoms with Crippen molar-refractivity contribution in [1.29, 1.82) is 0 Å². The van der Waals surface area contributed by atoms with Gasteiger partial charge >= 0.3 is 5.97 Å². The van der Waals surface area contributed by atoms with Crippen LogP contribution in [0.3, 0.4) is 0 Å². The summed E-state index contributed by atoms with van der Waals surface area (Å²) in [5.41, 5.74) is -1.26. The second kappa shape index (κ2) is 8.47. The van der Waals surface area contributed by atoms with Gasteiger partial charge in [-0.15, -0.1) is 0 Å². The molecule has 10 heteroatoms. The lowest BCUT2D eigenvalue weighted by molar-refractivity contribution is -0.314. The highest BCUT2D eigenvalue weighted by atomic mass is 16.7. The molecule has 6 atom stereocenters. The molecule has 2 heterocycles. The first-order chi connectivity index (χ1) is 17.6. The summed E-state index contributed by atoms with van der Waals surface area (Å²) in [4.78, 5) is 16.3. The third kappa shape index (κ3) is 3.57. The van der Waals surface area contributed by atoms with Crippen LogP contribution < -0.4 is 4.74 Å². The summed E-state index contributed by atoms with van der Waals surface area (Å²) in [5.74, 6) is -3.80. The molecule has 2 aliphatic rings. The van der Waals surface area contributed by atoms with Gasteiger partial charge in [-0.1, -0.05) is 30.3 Å². The van der Waals surface area contributed by atoms with Gasteiger partial charge in [-0.2, -0.15) is 0 Å². The Balaban J connectivity index is 1.39. The molecule has 0 bridgehead atoms. The molecule has 7 N–H and O–H groups in total. The highest BCUT2D eigenvalue weighted by molar-refractivity contribution is 6.14. The smallest absolute Gasteiger partial charge is 0.343 e. The van der Waals surface area contributed by atoms with Crippen molar-refractivity contribution < 1.29 is 44.9 Å². The van der Waals surface area contributed by atoms with E-state index in [-0.39, 0.29) is 30.7 Å². The van der Waals surface area contributed by atoms with Crippen LogP contribution in [0.4, 0.5) is 0 Å². The van der Waals surface area contributed by atoms with Crippen LogP contribution in [0, 0.1) is 0 Å². The third-order valence-electron chi connectivity index (χ3n) is 7.74. The number of nitrogens with one attached hydrogen (secondary N) is 1. The molecule has 2 fully saturated rings. The maximum absolute atomic E-state index is 13.2. The van der Waals surface area contributed by atoms with E-state index in [1.54, 1.807) is 6.07 Å². The van der Waals surface area contributed by atoms with Gasteiger partial charge in [0, 0.05) is 6.42 Å². The number of benzene rings is 3. The zero-order valence-electron chi connectivity index (χ0n) is 19.7. The van der Waals surface area contributed by atoms with Crippen LogP contribution in [0.15, 0.2) is 48.5 Å². The minimum Gasteiger partial charge on any atom is -0.422 e. The Morgan fingerprint density at radius 2 is 1.78 bits per heavy atom. The summed E-state index contributed by atoms with van der Waals surface area (Å²) < 4.78 is 11.1. The van der Waals surface area contributed by atoms with Crippen LogP contribution in [0.5, 0.6) is 5.75 Å². The number of aliphatic hydroxyl groups excluding tert-OH is 4. The highest BCUT2D eigenvalue weighted by Crippen LogP contribution is 2.47. The Labute approximate surface area is 210 Å². The van der Waals surface area contributed by atoms with Crippen LogP contribution in [-0.4, -0.2) is 77.4 Å². The summed E-state index contributed by atoms with van der Waals surface area (Å²) >= 11 is 0. The van der Waals surface area contributed by atoms with Gasteiger partial charge < -0.3 is 45.1 Å². The van der Waals surface area contributed by atoms with Crippen LogP contribution in [0.2, 0.25) is 0 Å². The predicted molar refractivity (Wildman–Crippen MR) is 132 cm³/mol. The molecule has 0 radical (unpaired) electrons. The van der Waals surface area contributed by atoms with E-state index in [2.05, 4.69) is 4.98 Å². The molecule has 1 aromatic heterocycles. The number of hydrogen-bond donors (Lipinski definition) is 7. The molecule has 194 valence electrons. The molecule has 6 rings (SSSR count). The summed E-state index contributed by atoms with van der Waals surface area (Å²) in [7, 11) is 0. The first-order valence-corrected chi connectivity index (χ1v) is 12.1. The molecule has 1 aliphatic carbocycles. The Morgan fingerprint density at radius 3 is 2.46 bits per heavy atom. The largest absolute Gasteiger partial charge is 0.422 e. The molecule has 3 aromatic carbocycles. The van der Waals surface area contributed by atoms with Crippen molar-refractivity contribution in [3.8, 4) is 5.75 Å². The molecule has 37 heavy (non-hydrogen) atoms. The molecular weight excluding hydrogens is 482 g/mol. The Morgan fingerprint density at radius 1 is 1.05 bits per heavy atom. The lowest BCUT2D eigenvalue weighted by Crippen LogP contribution is -2.60. The quantitative estimate of drug-likeness (QED) is 0.156. The average molecular weight is 510 g/mol. The standard InChI is InChI=1S/C27H27NO9/c29-12-19-22(20-17-10-14-4-2-1-3-13(14)9-15(17)5-6-18(20)28-19)36-25(33)23-21(31)24(32)27(35,37-23)26(34)8-7-16(30)11-26/h1-6,9-10,16,21,23-24,28-32,34-35H,7-8,11-12H2/t16-,21+,23-,24-,26+,27-/m1/s1. The van der Waals surface area contributed by atoms with Crippen LogP contribution in [0.1, 0.15) is 25.0 Å². The van der Waals surface area contributed by atoms with Crippen LogP contribution in [0.25, 0.3) is 32.4 Å². The van der Waals surface area contributed by atoms with Crippen molar-refractivity contribution in [3.05, 3.63) is 54.2 Å². The van der Waals surface area contributed by atoms with E-state index in [9.17, 15) is 35.4 Å². The van der Waals surface area contributed by atoms with Crippen molar-refractivity contribution in [2.45, 2.75) is 61.7 Å². The first kappa shape index (κ1) is 24.3.